The third kappa shape index (κ3) is 4.88. The molecule has 2 amide bonds. The van der Waals surface area contributed by atoms with E-state index in [4.69, 9.17) is 4.74 Å². The summed E-state index contributed by atoms with van der Waals surface area (Å²) in [5, 5.41) is 2.85. The Bertz CT molecular complexity index is 813. The first-order valence-corrected chi connectivity index (χ1v) is 9.47. The molecule has 1 atom stereocenters. The molecule has 0 radical (unpaired) electrons. The number of rotatable bonds is 5. The number of hydrogen-bond acceptors (Lipinski definition) is 3. The zero-order valence-corrected chi connectivity index (χ0v) is 15.9. The number of nitrogens with one attached hydrogen (secondary N) is 1. The predicted molar refractivity (Wildman–Crippen MR) is 106 cm³/mol. The van der Waals surface area contributed by atoms with Crippen LogP contribution in [0.4, 0.5) is 5.69 Å². The summed E-state index contributed by atoms with van der Waals surface area (Å²) in [5.41, 5.74) is 2.12. The van der Waals surface area contributed by atoms with Crippen LogP contribution in [-0.2, 0) is 4.79 Å². The van der Waals surface area contributed by atoms with Crippen LogP contribution in [0, 0.1) is 6.92 Å². The minimum absolute atomic E-state index is 0.0298. The Labute approximate surface area is 160 Å². The molecule has 1 heterocycles. The Balaban J connectivity index is 1.69. The van der Waals surface area contributed by atoms with Crippen LogP contribution in [0.15, 0.2) is 48.5 Å². The van der Waals surface area contributed by atoms with E-state index in [1.54, 1.807) is 19.1 Å². The van der Waals surface area contributed by atoms with Crippen LogP contribution >= 0.6 is 0 Å². The first-order chi connectivity index (χ1) is 13.0. The Morgan fingerprint density at radius 2 is 1.78 bits per heavy atom. The molecule has 5 heteroatoms. The molecule has 5 nitrogen and oxygen atoms in total. The van der Waals surface area contributed by atoms with Crippen molar-refractivity contribution >= 4 is 17.5 Å². The maximum Gasteiger partial charge on any atom is 0.265 e. The van der Waals surface area contributed by atoms with E-state index in [-0.39, 0.29) is 11.8 Å². The predicted octanol–water partition coefficient (Wildman–Crippen LogP) is 4.03. The summed E-state index contributed by atoms with van der Waals surface area (Å²) < 4.78 is 5.74. The summed E-state index contributed by atoms with van der Waals surface area (Å²) in [6.07, 6.45) is 2.55. The van der Waals surface area contributed by atoms with Gasteiger partial charge in [0.1, 0.15) is 5.75 Å². The molecule has 1 saturated heterocycles. The summed E-state index contributed by atoms with van der Waals surface area (Å²) in [6.45, 7) is 5.22. The van der Waals surface area contributed by atoms with Crippen molar-refractivity contribution < 1.29 is 14.3 Å². The Kier molecular flexibility index (Phi) is 6.12. The molecule has 1 aliphatic heterocycles. The zero-order chi connectivity index (χ0) is 19.2. The highest BCUT2D eigenvalue weighted by Crippen LogP contribution is 2.21. The van der Waals surface area contributed by atoms with Gasteiger partial charge in [-0.1, -0.05) is 24.3 Å². The highest BCUT2D eigenvalue weighted by molar-refractivity contribution is 6.04. The van der Waals surface area contributed by atoms with Crippen molar-refractivity contribution in [1.29, 1.82) is 0 Å². The molecule has 1 aliphatic rings. The maximum atomic E-state index is 12.8. The van der Waals surface area contributed by atoms with Crippen molar-refractivity contribution in [1.82, 2.24) is 4.90 Å². The summed E-state index contributed by atoms with van der Waals surface area (Å²) in [7, 11) is 0. The van der Waals surface area contributed by atoms with Crippen molar-refractivity contribution in [2.75, 3.05) is 18.4 Å². The molecule has 0 aliphatic carbocycles. The largest absolute Gasteiger partial charge is 0.481 e. The van der Waals surface area contributed by atoms with Crippen LogP contribution in [0.1, 0.15) is 42.1 Å². The molecule has 2 aromatic rings. The van der Waals surface area contributed by atoms with Gasteiger partial charge in [-0.3, -0.25) is 9.59 Å². The van der Waals surface area contributed by atoms with Gasteiger partial charge in [0, 0.05) is 13.1 Å². The van der Waals surface area contributed by atoms with Crippen molar-refractivity contribution in [3.63, 3.8) is 0 Å². The van der Waals surface area contributed by atoms with Crippen molar-refractivity contribution in [2.24, 2.45) is 0 Å². The number of para-hydroxylation sites is 1. The van der Waals surface area contributed by atoms with E-state index < -0.39 is 6.10 Å². The first-order valence-electron chi connectivity index (χ1n) is 9.47. The van der Waals surface area contributed by atoms with Crippen molar-refractivity contribution in [3.05, 3.63) is 59.7 Å². The van der Waals surface area contributed by atoms with E-state index in [9.17, 15) is 9.59 Å². The lowest BCUT2D eigenvalue weighted by Crippen LogP contribution is -2.36. The van der Waals surface area contributed by atoms with Crippen LogP contribution in [-0.4, -0.2) is 35.9 Å². The molecule has 0 unspecified atom stereocenters. The second kappa shape index (κ2) is 8.71. The highest BCUT2D eigenvalue weighted by Gasteiger charge is 2.22. The van der Waals surface area contributed by atoms with Crippen LogP contribution in [0.25, 0.3) is 0 Å². The number of amides is 2. The standard InChI is InChI=1S/C22H26N2O3/c1-16-9-8-10-18(15-16)27-17(2)21(25)23-20-12-5-4-11-19(20)22(26)24-13-6-3-7-14-24/h4-5,8-12,15,17H,3,6-7,13-14H2,1-2H3,(H,23,25)/t17-/m0/s1. The van der Waals surface area contributed by atoms with Gasteiger partial charge in [0.15, 0.2) is 6.10 Å². The average Bonchev–Trinajstić information content (AvgIpc) is 2.68. The topological polar surface area (TPSA) is 58.6 Å². The van der Waals surface area contributed by atoms with Gasteiger partial charge in [-0.05, 0) is 62.9 Å². The minimum Gasteiger partial charge on any atom is -0.481 e. The average molecular weight is 366 g/mol. The fourth-order valence-electron chi connectivity index (χ4n) is 3.23. The molecule has 0 saturated carbocycles. The zero-order valence-electron chi connectivity index (χ0n) is 15.9. The molecule has 27 heavy (non-hydrogen) atoms. The third-order valence-corrected chi connectivity index (χ3v) is 4.73. The molecular weight excluding hydrogens is 340 g/mol. The monoisotopic (exact) mass is 366 g/mol. The quantitative estimate of drug-likeness (QED) is 0.869. The van der Waals surface area contributed by atoms with E-state index in [0.29, 0.717) is 17.0 Å². The van der Waals surface area contributed by atoms with E-state index in [1.807, 2.05) is 48.2 Å². The van der Waals surface area contributed by atoms with E-state index in [0.717, 1.165) is 37.9 Å². The van der Waals surface area contributed by atoms with E-state index in [2.05, 4.69) is 5.32 Å². The highest BCUT2D eigenvalue weighted by atomic mass is 16.5. The van der Waals surface area contributed by atoms with E-state index >= 15 is 0 Å². The van der Waals surface area contributed by atoms with Crippen LogP contribution in [0.2, 0.25) is 0 Å². The normalized spacial score (nSPS) is 15.1. The van der Waals surface area contributed by atoms with Gasteiger partial charge in [0.05, 0.1) is 11.3 Å². The van der Waals surface area contributed by atoms with E-state index in [1.165, 1.54) is 0 Å². The van der Waals surface area contributed by atoms with Gasteiger partial charge < -0.3 is 15.0 Å². The second-order valence-electron chi connectivity index (χ2n) is 6.96. The summed E-state index contributed by atoms with van der Waals surface area (Å²) in [5.74, 6) is 0.337. The fourth-order valence-corrected chi connectivity index (χ4v) is 3.23. The smallest absolute Gasteiger partial charge is 0.265 e. The number of benzene rings is 2. The second-order valence-corrected chi connectivity index (χ2v) is 6.96. The molecule has 1 fully saturated rings. The number of piperidine rings is 1. The number of carbonyl (C=O) groups is 2. The first kappa shape index (κ1) is 19.0. The van der Waals surface area contributed by atoms with Crippen LogP contribution in [0.5, 0.6) is 5.75 Å². The minimum atomic E-state index is -0.676. The lowest BCUT2D eigenvalue weighted by atomic mass is 10.1. The van der Waals surface area contributed by atoms with Gasteiger partial charge in [0.25, 0.3) is 11.8 Å². The molecule has 3 rings (SSSR count). The Morgan fingerprint density at radius 1 is 1.04 bits per heavy atom. The molecule has 2 aromatic carbocycles. The number of likely N-dealkylation sites (tertiary alicyclic amines) is 1. The molecule has 0 spiro atoms. The number of aryl methyl sites for hydroxylation is 1. The van der Waals surface area contributed by atoms with Gasteiger partial charge in [-0.2, -0.15) is 0 Å². The molecule has 0 aromatic heterocycles. The SMILES string of the molecule is Cc1cccc(O[C@@H](C)C(=O)Nc2ccccc2C(=O)N2CCCCC2)c1. The fraction of sp³-hybridized carbons (Fsp3) is 0.364. The Hall–Kier alpha value is -2.82. The number of ether oxygens (including phenoxy) is 1. The van der Waals surface area contributed by atoms with Gasteiger partial charge in [-0.25, -0.2) is 0 Å². The number of anilines is 1. The van der Waals surface area contributed by atoms with Crippen LogP contribution < -0.4 is 10.1 Å². The summed E-state index contributed by atoms with van der Waals surface area (Å²) in [4.78, 5) is 27.3. The van der Waals surface area contributed by atoms with Crippen LogP contribution in [0.3, 0.4) is 0 Å². The number of hydrogen-bond donors (Lipinski definition) is 1. The summed E-state index contributed by atoms with van der Waals surface area (Å²) >= 11 is 0. The number of carbonyl (C=O) groups excluding carboxylic acids is 2. The molecule has 0 bridgehead atoms. The molecule has 142 valence electrons. The van der Waals surface area contributed by atoms with Crippen molar-refractivity contribution in [2.45, 2.75) is 39.2 Å². The lowest BCUT2D eigenvalue weighted by molar-refractivity contribution is -0.122. The van der Waals surface area contributed by atoms with Gasteiger partial charge >= 0.3 is 0 Å². The van der Waals surface area contributed by atoms with Crippen molar-refractivity contribution in [3.8, 4) is 5.75 Å². The van der Waals surface area contributed by atoms with Gasteiger partial charge in [0.2, 0.25) is 0 Å². The molecular formula is C22H26N2O3. The lowest BCUT2D eigenvalue weighted by Gasteiger charge is -2.27. The molecule has 1 N–H and O–H groups in total. The van der Waals surface area contributed by atoms with Gasteiger partial charge in [-0.15, -0.1) is 0 Å². The number of nitrogens with zero attached hydrogens (tertiary/aromatic N) is 1. The Morgan fingerprint density at radius 3 is 2.52 bits per heavy atom. The maximum absolute atomic E-state index is 12.8. The summed E-state index contributed by atoms with van der Waals surface area (Å²) in [6, 6.07) is 14.7. The third-order valence-electron chi connectivity index (χ3n) is 4.73.